The van der Waals surface area contributed by atoms with Crippen LogP contribution in [0.25, 0.3) is 0 Å². The molecule has 1 N–H and O–H groups in total. The predicted molar refractivity (Wildman–Crippen MR) is 115 cm³/mol. The third-order valence-corrected chi connectivity index (χ3v) is 4.92. The Balaban J connectivity index is 0.00000196. The smallest absolute Gasteiger partial charge is 0.231 e. The molecule has 0 radical (unpaired) electrons. The van der Waals surface area contributed by atoms with Crippen LogP contribution in [-0.4, -0.2) is 72.7 Å². The highest BCUT2D eigenvalue weighted by atomic mass is 35.5. The number of halogens is 2. The number of fused-ring (bicyclic) bond motifs is 1. The summed E-state index contributed by atoms with van der Waals surface area (Å²) in [6.07, 6.45) is 1.28. The van der Waals surface area contributed by atoms with Gasteiger partial charge in [0.05, 0.1) is 18.3 Å². The molecule has 0 bridgehead atoms. The van der Waals surface area contributed by atoms with E-state index >= 15 is 0 Å². The van der Waals surface area contributed by atoms with Crippen LogP contribution in [-0.2, 0) is 11.3 Å². The van der Waals surface area contributed by atoms with Gasteiger partial charge < -0.3 is 19.3 Å². The molecular weight excluding hydrogens is 403 g/mol. The molecule has 1 unspecified atom stereocenters. The fourth-order valence-electron chi connectivity index (χ4n) is 3.15. The first-order valence-electron chi connectivity index (χ1n) is 9.24. The van der Waals surface area contributed by atoms with E-state index in [1.165, 1.54) is 5.56 Å². The van der Waals surface area contributed by atoms with Crippen LogP contribution >= 0.6 is 24.8 Å². The Morgan fingerprint density at radius 3 is 2.46 bits per heavy atom. The van der Waals surface area contributed by atoms with Crippen LogP contribution in [0.2, 0.25) is 0 Å². The second-order valence-electron chi connectivity index (χ2n) is 7.54. The van der Waals surface area contributed by atoms with Crippen molar-refractivity contribution in [3.8, 4) is 11.5 Å². The summed E-state index contributed by atoms with van der Waals surface area (Å²) in [5.41, 5.74) is 0.840. The fraction of sp³-hybridized carbons (Fsp3) is 0.600. The molecule has 1 fully saturated rings. The summed E-state index contributed by atoms with van der Waals surface area (Å²) in [6, 6.07) is 6.15. The average molecular weight is 435 g/mol. The van der Waals surface area contributed by atoms with Gasteiger partial charge in [0.2, 0.25) is 6.79 Å². The van der Waals surface area contributed by atoms with E-state index in [2.05, 4.69) is 28.5 Å². The lowest BCUT2D eigenvalue weighted by molar-refractivity contribution is -0.0451. The summed E-state index contributed by atoms with van der Waals surface area (Å²) in [6.45, 7) is 13.7. The van der Waals surface area contributed by atoms with E-state index in [-0.39, 0.29) is 24.8 Å². The summed E-state index contributed by atoms with van der Waals surface area (Å²) < 4.78 is 16.5. The van der Waals surface area contributed by atoms with Crippen LogP contribution in [0.15, 0.2) is 30.9 Å². The van der Waals surface area contributed by atoms with Gasteiger partial charge in [-0.05, 0) is 31.5 Å². The van der Waals surface area contributed by atoms with Crippen LogP contribution in [0.5, 0.6) is 11.5 Å². The topological polar surface area (TPSA) is 54.4 Å². The lowest BCUT2D eigenvalue weighted by atomic mass is 10.1. The molecule has 0 aliphatic carbocycles. The first-order chi connectivity index (χ1) is 12.4. The minimum absolute atomic E-state index is 0. The highest BCUT2D eigenvalue weighted by molar-refractivity contribution is 5.85. The Hall–Kier alpha value is -1.02. The van der Waals surface area contributed by atoms with Crippen LogP contribution < -0.4 is 9.47 Å². The number of aliphatic hydroxyl groups excluding tert-OH is 1. The van der Waals surface area contributed by atoms with Crippen molar-refractivity contribution >= 4 is 24.8 Å². The van der Waals surface area contributed by atoms with Crippen LogP contribution in [0.1, 0.15) is 19.4 Å². The van der Waals surface area contributed by atoms with Gasteiger partial charge in [0, 0.05) is 39.3 Å². The largest absolute Gasteiger partial charge is 0.454 e. The molecule has 1 atom stereocenters. The van der Waals surface area contributed by atoms with E-state index in [1.807, 2.05) is 19.9 Å². The second-order valence-corrected chi connectivity index (χ2v) is 7.54. The lowest BCUT2D eigenvalue weighted by Gasteiger charge is -2.36. The predicted octanol–water partition coefficient (Wildman–Crippen LogP) is 2.72. The van der Waals surface area contributed by atoms with E-state index in [0.717, 1.165) is 44.2 Å². The number of ether oxygens (including phenoxy) is 3. The number of β-amino-alcohol motifs (C(OH)–C–C–N with tert-alkyl or cyclic N) is 1. The summed E-state index contributed by atoms with van der Waals surface area (Å²) in [5.74, 6) is 1.67. The highest BCUT2D eigenvalue weighted by Gasteiger charge is 2.22. The zero-order valence-electron chi connectivity index (χ0n) is 16.6. The molecule has 2 aliphatic rings. The molecule has 2 aliphatic heterocycles. The van der Waals surface area contributed by atoms with Gasteiger partial charge in [0.15, 0.2) is 11.5 Å². The van der Waals surface area contributed by atoms with Crippen molar-refractivity contribution in [1.29, 1.82) is 0 Å². The van der Waals surface area contributed by atoms with E-state index in [4.69, 9.17) is 14.2 Å². The third-order valence-electron chi connectivity index (χ3n) is 4.92. The van der Waals surface area contributed by atoms with E-state index < -0.39 is 11.7 Å². The van der Waals surface area contributed by atoms with E-state index in [9.17, 15) is 5.11 Å². The van der Waals surface area contributed by atoms with E-state index in [0.29, 0.717) is 19.9 Å². The minimum Gasteiger partial charge on any atom is -0.454 e. The Bertz CT molecular complexity index is 622. The summed E-state index contributed by atoms with van der Waals surface area (Å²) >= 11 is 0. The van der Waals surface area contributed by atoms with Crippen LogP contribution in [0.3, 0.4) is 0 Å². The molecule has 2 heterocycles. The van der Waals surface area contributed by atoms with Crippen molar-refractivity contribution < 1.29 is 19.3 Å². The molecule has 28 heavy (non-hydrogen) atoms. The Labute approximate surface area is 180 Å². The summed E-state index contributed by atoms with van der Waals surface area (Å²) in [5, 5.41) is 10.2. The van der Waals surface area contributed by atoms with Gasteiger partial charge in [-0.3, -0.25) is 9.80 Å². The van der Waals surface area contributed by atoms with Gasteiger partial charge in [-0.2, -0.15) is 0 Å². The van der Waals surface area contributed by atoms with Crippen molar-refractivity contribution in [3.63, 3.8) is 0 Å². The number of rotatable bonds is 8. The highest BCUT2D eigenvalue weighted by Crippen LogP contribution is 2.32. The van der Waals surface area contributed by atoms with Gasteiger partial charge in [-0.15, -0.1) is 31.4 Å². The third kappa shape index (κ3) is 7.10. The Morgan fingerprint density at radius 2 is 1.79 bits per heavy atom. The van der Waals surface area contributed by atoms with Gasteiger partial charge in [-0.1, -0.05) is 12.1 Å². The summed E-state index contributed by atoms with van der Waals surface area (Å²) in [7, 11) is 0. The molecule has 8 heteroatoms. The molecule has 1 aromatic carbocycles. The number of aliphatic hydroxyl groups is 1. The van der Waals surface area contributed by atoms with Crippen LogP contribution in [0, 0.1) is 0 Å². The molecule has 1 saturated heterocycles. The first kappa shape index (κ1) is 25.0. The van der Waals surface area contributed by atoms with Crippen LogP contribution in [0.4, 0.5) is 0 Å². The molecule has 1 aromatic rings. The fourth-order valence-corrected chi connectivity index (χ4v) is 3.15. The number of hydrogen-bond donors (Lipinski definition) is 1. The maximum absolute atomic E-state index is 10.2. The van der Waals surface area contributed by atoms with E-state index in [1.54, 1.807) is 6.08 Å². The zero-order valence-corrected chi connectivity index (χ0v) is 18.3. The quantitative estimate of drug-likeness (QED) is 0.634. The van der Waals surface area contributed by atoms with Crippen molar-refractivity contribution in [2.75, 3.05) is 46.1 Å². The van der Waals surface area contributed by atoms with Gasteiger partial charge in [0.1, 0.15) is 0 Å². The standard InChI is InChI=1S/C20H30N2O4.2ClH/c1-4-20(2,3)26-14-17(23)13-22-9-7-21(8-10-22)12-16-5-6-18-19(11-16)25-15-24-18;;/h4-6,11,17,23H,1,7-10,12-15H2,2-3H3;2*1H. The minimum atomic E-state index is -0.477. The monoisotopic (exact) mass is 434 g/mol. The Morgan fingerprint density at radius 1 is 1.14 bits per heavy atom. The van der Waals surface area contributed by atoms with Crippen molar-refractivity contribution in [2.24, 2.45) is 0 Å². The Kier molecular flexibility index (Phi) is 10.0. The average Bonchev–Trinajstić information content (AvgIpc) is 3.10. The van der Waals surface area contributed by atoms with Gasteiger partial charge in [-0.25, -0.2) is 0 Å². The molecule has 0 amide bonds. The molecule has 0 aromatic heterocycles. The molecule has 6 nitrogen and oxygen atoms in total. The number of nitrogens with zero attached hydrogens (tertiary/aromatic N) is 2. The van der Waals surface area contributed by atoms with Gasteiger partial charge >= 0.3 is 0 Å². The first-order valence-corrected chi connectivity index (χ1v) is 9.24. The zero-order chi connectivity index (χ0) is 18.6. The maximum Gasteiger partial charge on any atom is 0.231 e. The molecule has 3 rings (SSSR count). The van der Waals surface area contributed by atoms with Crippen molar-refractivity contribution in [1.82, 2.24) is 9.80 Å². The number of piperazine rings is 1. The van der Waals surface area contributed by atoms with Crippen molar-refractivity contribution in [3.05, 3.63) is 36.4 Å². The lowest BCUT2D eigenvalue weighted by Crippen LogP contribution is -2.48. The molecule has 0 saturated carbocycles. The SMILES string of the molecule is C=CC(C)(C)OCC(O)CN1CCN(Cc2ccc3c(c2)OCO3)CC1.Cl.Cl. The molecular formula is C20H32Cl2N2O4. The number of benzene rings is 1. The normalized spacial score (nSPS) is 18.1. The second kappa shape index (κ2) is 11.2. The molecule has 160 valence electrons. The maximum atomic E-state index is 10.2. The number of hydrogen-bond acceptors (Lipinski definition) is 6. The van der Waals surface area contributed by atoms with Gasteiger partial charge in [0.25, 0.3) is 0 Å². The summed E-state index contributed by atoms with van der Waals surface area (Å²) in [4.78, 5) is 4.73. The van der Waals surface area contributed by atoms with Crippen molar-refractivity contribution in [2.45, 2.75) is 32.1 Å². The molecule has 0 spiro atoms.